The summed E-state index contributed by atoms with van der Waals surface area (Å²) in [5, 5.41) is 9.55. The molecule has 0 radical (unpaired) electrons. The Labute approximate surface area is 137 Å². The van der Waals surface area contributed by atoms with Gasteiger partial charge in [-0.1, -0.05) is 38.1 Å². The van der Waals surface area contributed by atoms with Gasteiger partial charge in [-0.3, -0.25) is 0 Å². The van der Waals surface area contributed by atoms with Crippen LogP contribution in [0.5, 0.6) is 5.75 Å². The summed E-state index contributed by atoms with van der Waals surface area (Å²) in [5.74, 6) is 0.359. The third kappa shape index (κ3) is 3.26. The third-order valence-corrected chi connectivity index (χ3v) is 5.87. The number of phenols is 1. The molecular weight excluding hydrogens is 310 g/mol. The molecule has 1 aliphatic carbocycles. The zero-order valence-electron chi connectivity index (χ0n) is 13.3. The van der Waals surface area contributed by atoms with Gasteiger partial charge >= 0.3 is 0 Å². The number of benzene rings is 2. The van der Waals surface area contributed by atoms with E-state index in [1.54, 1.807) is 24.3 Å². The van der Waals surface area contributed by atoms with Crippen LogP contribution in [0.3, 0.4) is 0 Å². The van der Waals surface area contributed by atoms with Crippen LogP contribution < -0.4 is 4.72 Å². The van der Waals surface area contributed by atoms with Gasteiger partial charge in [0.2, 0.25) is 10.0 Å². The standard InChI is InChI=1S/C18H21NO3S/c1-12(2)17-5-3-4-6-18(17)23(21,22)19-15-9-13-7-8-16(20)11-14(13)10-15/h3-8,11-12,15,19-20H,9-10H2,1-2H3. The molecule has 0 aliphatic heterocycles. The molecule has 0 fully saturated rings. The molecule has 2 N–H and O–H groups in total. The summed E-state index contributed by atoms with van der Waals surface area (Å²) in [4.78, 5) is 0.355. The van der Waals surface area contributed by atoms with Crippen LogP contribution >= 0.6 is 0 Å². The molecule has 5 heteroatoms. The highest BCUT2D eigenvalue weighted by atomic mass is 32.2. The van der Waals surface area contributed by atoms with Gasteiger partial charge in [-0.25, -0.2) is 13.1 Å². The van der Waals surface area contributed by atoms with Crippen molar-refractivity contribution < 1.29 is 13.5 Å². The van der Waals surface area contributed by atoms with E-state index in [0.717, 1.165) is 16.7 Å². The highest BCUT2D eigenvalue weighted by Crippen LogP contribution is 2.28. The first-order chi connectivity index (χ1) is 10.9. The van der Waals surface area contributed by atoms with Gasteiger partial charge in [0.05, 0.1) is 4.90 Å². The van der Waals surface area contributed by atoms with Crippen molar-refractivity contribution in [1.82, 2.24) is 4.72 Å². The molecule has 0 spiro atoms. The topological polar surface area (TPSA) is 66.4 Å². The normalized spacial score (nSPS) is 17.4. The van der Waals surface area contributed by atoms with Crippen LogP contribution in [-0.2, 0) is 22.9 Å². The first kappa shape index (κ1) is 16.0. The van der Waals surface area contributed by atoms with Crippen LogP contribution in [0.25, 0.3) is 0 Å². The highest BCUT2D eigenvalue weighted by molar-refractivity contribution is 7.89. The number of phenolic OH excluding ortho intramolecular Hbond substituents is 1. The molecule has 4 nitrogen and oxygen atoms in total. The number of hydrogen-bond donors (Lipinski definition) is 2. The van der Waals surface area contributed by atoms with E-state index in [4.69, 9.17) is 0 Å². The van der Waals surface area contributed by atoms with E-state index >= 15 is 0 Å². The van der Waals surface area contributed by atoms with Gasteiger partial charge in [0, 0.05) is 6.04 Å². The first-order valence-electron chi connectivity index (χ1n) is 7.79. The van der Waals surface area contributed by atoms with Crippen LogP contribution in [0.15, 0.2) is 47.4 Å². The van der Waals surface area contributed by atoms with Gasteiger partial charge in [0.15, 0.2) is 0 Å². The van der Waals surface area contributed by atoms with Crippen molar-refractivity contribution in [2.45, 2.75) is 43.5 Å². The van der Waals surface area contributed by atoms with Gasteiger partial charge in [-0.15, -0.1) is 0 Å². The van der Waals surface area contributed by atoms with Crippen LogP contribution in [0.1, 0.15) is 36.5 Å². The fourth-order valence-corrected chi connectivity index (χ4v) is 4.78. The van der Waals surface area contributed by atoms with Crippen molar-refractivity contribution in [3.8, 4) is 5.75 Å². The summed E-state index contributed by atoms with van der Waals surface area (Å²) in [6, 6.07) is 12.2. The Morgan fingerprint density at radius 2 is 1.78 bits per heavy atom. The van der Waals surface area contributed by atoms with E-state index in [2.05, 4.69) is 4.72 Å². The minimum Gasteiger partial charge on any atom is -0.508 e. The number of sulfonamides is 1. The number of hydrogen-bond acceptors (Lipinski definition) is 3. The quantitative estimate of drug-likeness (QED) is 0.905. The van der Waals surface area contributed by atoms with Crippen molar-refractivity contribution in [1.29, 1.82) is 0 Å². The van der Waals surface area contributed by atoms with E-state index in [9.17, 15) is 13.5 Å². The SMILES string of the molecule is CC(C)c1ccccc1S(=O)(=O)NC1Cc2ccc(O)cc2C1. The Balaban J connectivity index is 1.84. The molecule has 2 aromatic rings. The summed E-state index contributed by atoms with van der Waals surface area (Å²) < 4.78 is 28.4. The minimum absolute atomic E-state index is 0.139. The molecule has 3 rings (SSSR count). The summed E-state index contributed by atoms with van der Waals surface area (Å²) in [5.41, 5.74) is 2.93. The average molecular weight is 331 g/mol. The Kier molecular flexibility index (Phi) is 4.17. The molecule has 0 amide bonds. The molecule has 0 aromatic heterocycles. The predicted octanol–water partition coefficient (Wildman–Crippen LogP) is 2.96. The summed E-state index contributed by atoms with van der Waals surface area (Å²) >= 11 is 0. The van der Waals surface area contributed by atoms with E-state index in [1.165, 1.54) is 0 Å². The Morgan fingerprint density at radius 3 is 2.52 bits per heavy atom. The van der Waals surface area contributed by atoms with Crippen molar-refractivity contribution in [2.75, 3.05) is 0 Å². The lowest BCUT2D eigenvalue weighted by atomic mass is 10.0. The minimum atomic E-state index is -3.56. The Hall–Kier alpha value is -1.85. The molecular formula is C18H21NO3S. The third-order valence-electron chi connectivity index (χ3n) is 4.27. The van der Waals surface area contributed by atoms with Gasteiger partial charge < -0.3 is 5.11 Å². The second-order valence-electron chi connectivity index (χ2n) is 6.37. The second kappa shape index (κ2) is 5.98. The molecule has 0 saturated carbocycles. The van der Waals surface area contributed by atoms with Crippen LogP contribution in [0.4, 0.5) is 0 Å². The van der Waals surface area contributed by atoms with Gasteiger partial charge in [-0.2, -0.15) is 0 Å². The Morgan fingerprint density at radius 1 is 1.09 bits per heavy atom. The lowest BCUT2D eigenvalue weighted by Crippen LogP contribution is -2.35. The lowest BCUT2D eigenvalue weighted by Gasteiger charge is -2.17. The van der Waals surface area contributed by atoms with Crippen LogP contribution in [0, 0.1) is 0 Å². The van der Waals surface area contributed by atoms with Crippen molar-refractivity contribution in [3.05, 3.63) is 59.2 Å². The van der Waals surface area contributed by atoms with Crippen LogP contribution in [-0.4, -0.2) is 19.6 Å². The first-order valence-corrected chi connectivity index (χ1v) is 9.27. The molecule has 2 aromatic carbocycles. The molecule has 0 bridgehead atoms. The predicted molar refractivity (Wildman–Crippen MR) is 90.2 cm³/mol. The molecule has 0 saturated heterocycles. The zero-order valence-corrected chi connectivity index (χ0v) is 14.1. The average Bonchev–Trinajstić information content (AvgIpc) is 2.87. The maximum absolute atomic E-state index is 12.8. The maximum atomic E-state index is 12.8. The van der Waals surface area contributed by atoms with Gasteiger partial charge in [0.1, 0.15) is 5.75 Å². The van der Waals surface area contributed by atoms with Gasteiger partial charge in [-0.05, 0) is 53.6 Å². The highest BCUT2D eigenvalue weighted by Gasteiger charge is 2.28. The van der Waals surface area contributed by atoms with E-state index in [0.29, 0.717) is 17.7 Å². The van der Waals surface area contributed by atoms with Crippen molar-refractivity contribution in [3.63, 3.8) is 0 Å². The summed E-state index contributed by atoms with van der Waals surface area (Å²) in [6.45, 7) is 3.98. The summed E-state index contributed by atoms with van der Waals surface area (Å²) in [7, 11) is -3.56. The van der Waals surface area contributed by atoms with Crippen molar-refractivity contribution >= 4 is 10.0 Å². The fraction of sp³-hybridized carbons (Fsp3) is 0.333. The van der Waals surface area contributed by atoms with E-state index in [-0.39, 0.29) is 17.7 Å². The maximum Gasteiger partial charge on any atom is 0.241 e. The van der Waals surface area contributed by atoms with Gasteiger partial charge in [0.25, 0.3) is 0 Å². The molecule has 23 heavy (non-hydrogen) atoms. The molecule has 1 unspecified atom stereocenters. The molecule has 0 heterocycles. The zero-order chi connectivity index (χ0) is 16.6. The Bertz CT molecular complexity index is 828. The fourth-order valence-electron chi connectivity index (χ4n) is 3.17. The molecule has 122 valence electrons. The van der Waals surface area contributed by atoms with E-state index in [1.807, 2.05) is 32.0 Å². The number of rotatable bonds is 4. The smallest absolute Gasteiger partial charge is 0.241 e. The largest absolute Gasteiger partial charge is 0.508 e. The van der Waals surface area contributed by atoms with Crippen molar-refractivity contribution in [2.24, 2.45) is 0 Å². The van der Waals surface area contributed by atoms with E-state index < -0.39 is 10.0 Å². The second-order valence-corrected chi connectivity index (χ2v) is 8.05. The lowest BCUT2D eigenvalue weighted by molar-refractivity contribution is 0.474. The monoisotopic (exact) mass is 331 g/mol. The summed E-state index contributed by atoms with van der Waals surface area (Å²) in [6.07, 6.45) is 1.26. The molecule has 1 atom stereocenters. The molecule has 1 aliphatic rings. The van der Waals surface area contributed by atoms with Crippen LogP contribution in [0.2, 0.25) is 0 Å². The number of aromatic hydroxyl groups is 1. The number of fused-ring (bicyclic) bond motifs is 1. The number of nitrogens with one attached hydrogen (secondary N) is 1.